The number of H-pyrrole nitrogens is 1. The van der Waals surface area contributed by atoms with Crippen molar-refractivity contribution in [1.82, 2.24) is 15.6 Å². The number of hydrogen-bond donors (Lipinski definition) is 3. The lowest BCUT2D eigenvalue weighted by Gasteiger charge is -2.08. The molecule has 1 heterocycles. The fourth-order valence-electron chi connectivity index (χ4n) is 3.10. The normalized spacial score (nSPS) is 11.3. The average Bonchev–Trinajstić information content (AvgIpc) is 3.07. The maximum Gasteiger partial charge on any atom is 0.0456 e. The molecule has 0 radical (unpaired) electrons. The Kier molecular flexibility index (Phi) is 5.92. The van der Waals surface area contributed by atoms with Gasteiger partial charge in [0.25, 0.3) is 0 Å². The number of para-hydroxylation sites is 1. The minimum absolute atomic E-state index is 0.885. The van der Waals surface area contributed by atoms with Crippen molar-refractivity contribution in [2.45, 2.75) is 19.9 Å². The topological polar surface area (TPSA) is 39.9 Å². The zero-order valence-corrected chi connectivity index (χ0v) is 15.6. The van der Waals surface area contributed by atoms with Crippen molar-refractivity contribution in [1.29, 1.82) is 0 Å². The van der Waals surface area contributed by atoms with Gasteiger partial charge >= 0.3 is 0 Å². The van der Waals surface area contributed by atoms with Gasteiger partial charge in [0.2, 0.25) is 0 Å². The van der Waals surface area contributed by atoms with Crippen molar-refractivity contribution in [2.24, 2.45) is 0 Å². The summed E-state index contributed by atoms with van der Waals surface area (Å²) >= 11 is 0. The van der Waals surface area contributed by atoms with E-state index in [1.807, 2.05) is 13.1 Å². The predicted molar refractivity (Wildman–Crippen MR) is 112 cm³/mol. The van der Waals surface area contributed by atoms with Crippen LogP contribution in [-0.2, 0) is 13.0 Å². The van der Waals surface area contributed by atoms with Crippen molar-refractivity contribution in [3.63, 3.8) is 0 Å². The number of hydrogen-bond acceptors (Lipinski definition) is 2. The largest absolute Gasteiger partial charge is 0.389 e. The highest BCUT2D eigenvalue weighted by atomic mass is 14.8. The summed E-state index contributed by atoms with van der Waals surface area (Å²) in [5.41, 5.74) is 7.31. The summed E-state index contributed by atoms with van der Waals surface area (Å²) < 4.78 is 0. The summed E-state index contributed by atoms with van der Waals surface area (Å²) in [5.74, 6) is 0. The SMILES string of the molecule is C=C(/C=C/c1ccc(CNCCc2c[nH]c3ccccc23)cc1C)NC. The minimum Gasteiger partial charge on any atom is -0.389 e. The molecule has 26 heavy (non-hydrogen) atoms. The molecule has 3 heteroatoms. The molecule has 0 spiro atoms. The minimum atomic E-state index is 0.885. The Labute approximate surface area is 155 Å². The van der Waals surface area contributed by atoms with Crippen LogP contribution >= 0.6 is 0 Å². The van der Waals surface area contributed by atoms with E-state index in [0.717, 1.165) is 25.2 Å². The van der Waals surface area contributed by atoms with Crippen LogP contribution in [0, 0.1) is 6.92 Å². The van der Waals surface area contributed by atoms with Gasteiger partial charge in [0, 0.05) is 36.4 Å². The second-order valence-corrected chi connectivity index (χ2v) is 6.59. The van der Waals surface area contributed by atoms with E-state index in [2.05, 4.69) is 83.9 Å². The number of rotatable bonds is 8. The van der Waals surface area contributed by atoms with Crippen LogP contribution in [0.5, 0.6) is 0 Å². The zero-order chi connectivity index (χ0) is 18.4. The molecule has 3 aromatic rings. The van der Waals surface area contributed by atoms with Crippen LogP contribution in [0.2, 0.25) is 0 Å². The predicted octanol–water partition coefficient (Wildman–Crippen LogP) is 4.55. The first-order chi connectivity index (χ1) is 12.7. The Morgan fingerprint density at radius 3 is 2.85 bits per heavy atom. The average molecular weight is 345 g/mol. The summed E-state index contributed by atoms with van der Waals surface area (Å²) in [6, 6.07) is 15.1. The first-order valence-electron chi connectivity index (χ1n) is 9.07. The quantitative estimate of drug-likeness (QED) is 0.414. The van der Waals surface area contributed by atoms with E-state index in [9.17, 15) is 0 Å². The molecular formula is C23H27N3. The number of benzene rings is 2. The number of allylic oxidation sites excluding steroid dienone is 1. The summed E-state index contributed by atoms with van der Waals surface area (Å²) in [7, 11) is 1.88. The fourth-order valence-corrected chi connectivity index (χ4v) is 3.10. The number of aromatic amines is 1. The number of likely N-dealkylation sites (N-methyl/N-ethyl adjacent to an activating group) is 1. The molecule has 0 atom stereocenters. The van der Waals surface area contributed by atoms with E-state index in [1.165, 1.54) is 33.2 Å². The lowest BCUT2D eigenvalue weighted by Crippen LogP contribution is -2.16. The molecule has 0 aliphatic rings. The van der Waals surface area contributed by atoms with E-state index in [1.54, 1.807) is 0 Å². The number of aromatic nitrogens is 1. The van der Waals surface area contributed by atoms with Crippen molar-refractivity contribution >= 4 is 17.0 Å². The molecule has 3 nitrogen and oxygen atoms in total. The molecule has 134 valence electrons. The monoisotopic (exact) mass is 345 g/mol. The second-order valence-electron chi connectivity index (χ2n) is 6.59. The van der Waals surface area contributed by atoms with Crippen molar-refractivity contribution < 1.29 is 0 Å². The molecule has 0 bridgehead atoms. The molecule has 2 aromatic carbocycles. The van der Waals surface area contributed by atoms with Crippen LogP contribution in [0.3, 0.4) is 0 Å². The van der Waals surface area contributed by atoms with Crippen LogP contribution in [-0.4, -0.2) is 18.6 Å². The molecule has 1 aromatic heterocycles. The highest BCUT2D eigenvalue weighted by Crippen LogP contribution is 2.18. The summed E-state index contributed by atoms with van der Waals surface area (Å²) in [5, 5.41) is 7.91. The van der Waals surface area contributed by atoms with Gasteiger partial charge in [-0.2, -0.15) is 0 Å². The van der Waals surface area contributed by atoms with Crippen molar-refractivity contribution in [3.8, 4) is 0 Å². The van der Waals surface area contributed by atoms with Crippen molar-refractivity contribution in [2.75, 3.05) is 13.6 Å². The second kappa shape index (κ2) is 8.54. The maximum absolute atomic E-state index is 3.92. The molecule has 0 unspecified atom stereocenters. The van der Waals surface area contributed by atoms with Crippen LogP contribution in [0.4, 0.5) is 0 Å². The molecule has 3 rings (SSSR count). The number of aryl methyl sites for hydroxylation is 1. The Morgan fingerprint density at radius 1 is 1.19 bits per heavy atom. The van der Waals surface area contributed by atoms with Crippen LogP contribution in [0.25, 0.3) is 17.0 Å². The van der Waals surface area contributed by atoms with Crippen LogP contribution in [0.15, 0.2) is 67.0 Å². The van der Waals surface area contributed by atoms with Gasteiger partial charge in [-0.25, -0.2) is 0 Å². The smallest absolute Gasteiger partial charge is 0.0456 e. The molecule has 0 amide bonds. The molecule has 0 saturated carbocycles. The third-order valence-corrected chi connectivity index (χ3v) is 4.69. The van der Waals surface area contributed by atoms with Gasteiger partial charge in [-0.05, 0) is 54.3 Å². The fraction of sp³-hybridized carbons (Fsp3) is 0.217. The highest BCUT2D eigenvalue weighted by molar-refractivity contribution is 5.83. The van der Waals surface area contributed by atoms with Gasteiger partial charge in [-0.15, -0.1) is 0 Å². The van der Waals surface area contributed by atoms with Crippen LogP contribution < -0.4 is 10.6 Å². The van der Waals surface area contributed by atoms with Gasteiger partial charge in [-0.3, -0.25) is 0 Å². The summed E-state index contributed by atoms with van der Waals surface area (Å²) in [4.78, 5) is 3.34. The zero-order valence-electron chi connectivity index (χ0n) is 15.6. The van der Waals surface area contributed by atoms with Crippen molar-refractivity contribution in [3.05, 3.63) is 89.3 Å². The van der Waals surface area contributed by atoms with E-state index in [4.69, 9.17) is 0 Å². The summed E-state index contributed by atoms with van der Waals surface area (Å²) in [6.45, 7) is 7.91. The Morgan fingerprint density at radius 2 is 2.04 bits per heavy atom. The van der Waals surface area contributed by atoms with Gasteiger partial charge in [0.15, 0.2) is 0 Å². The Balaban J connectivity index is 1.53. The Hall–Kier alpha value is -2.78. The van der Waals surface area contributed by atoms with Gasteiger partial charge in [0.05, 0.1) is 0 Å². The lowest BCUT2D eigenvalue weighted by molar-refractivity contribution is 0.688. The number of fused-ring (bicyclic) bond motifs is 1. The maximum atomic E-state index is 3.92. The molecule has 3 N–H and O–H groups in total. The van der Waals surface area contributed by atoms with Crippen LogP contribution in [0.1, 0.15) is 22.3 Å². The highest BCUT2D eigenvalue weighted by Gasteiger charge is 2.03. The van der Waals surface area contributed by atoms with Gasteiger partial charge in [0.1, 0.15) is 0 Å². The first kappa shape index (κ1) is 18.0. The standard InChI is InChI=1S/C23H27N3/c1-17-14-19(9-11-20(17)10-8-18(2)24-3)15-25-13-12-21-16-26-23-7-5-4-6-22(21)23/h4-11,14,16,24-26H,2,12-13,15H2,1,3H3/b10-8+. The number of nitrogens with one attached hydrogen (secondary N) is 3. The Bertz CT molecular complexity index is 918. The molecule has 0 aliphatic carbocycles. The molecule has 0 fully saturated rings. The molecular weight excluding hydrogens is 318 g/mol. The molecule has 0 aliphatic heterocycles. The third kappa shape index (κ3) is 4.44. The molecule has 0 saturated heterocycles. The van der Waals surface area contributed by atoms with Gasteiger partial charge in [-0.1, -0.05) is 49.1 Å². The lowest BCUT2D eigenvalue weighted by atomic mass is 10.0. The van der Waals surface area contributed by atoms with E-state index in [0.29, 0.717) is 0 Å². The van der Waals surface area contributed by atoms with Gasteiger partial charge < -0.3 is 15.6 Å². The third-order valence-electron chi connectivity index (χ3n) is 4.69. The first-order valence-corrected chi connectivity index (χ1v) is 9.07. The summed E-state index contributed by atoms with van der Waals surface area (Å²) in [6.07, 6.45) is 7.25. The van der Waals surface area contributed by atoms with E-state index < -0.39 is 0 Å². The van der Waals surface area contributed by atoms with E-state index >= 15 is 0 Å². The van der Waals surface area contributed by atoms with E-state index in [-0.39, 0.29) is 0 Å².